The van der Waals surface area contributed by atoms with Crippen molar-refractivity contribution in [2.45, 2.75) is 26.7 Å². The van der Waals surface area contributed by atoms with Crippen molar-refractivity contribution in [3.05, 3.63) is 35.4 Å². The van der Waals surface area contributed by atoms with E-state index in [-0.39, 0.29) is 24.1 Å². The van der Waals surface area contributed by atoms with Crippen LogP contribution in [0.5, 0.6) is 0 Å². The van der Waals surface area contributed by atoms with E-state index in [2.05, 4.69) is 10.5 Å². The van der Waals surface area contributed by atoms with Gasteiger partial charge in [0.05, 0.1) is 17.9 Å². The molecule has 7 heteroatoms. The van der Waals surface area contributed by atoms with Gasteiger partial charge in [0.25, 0.3) is 0 Å². The molecule has 1 aromatic rings. The topological polar surface area (TPSA) is 78.8 Å². The molecule has 126 valence electrons. The Morgan fingerprint density at radius 2 is 2.09 bits per heavy atom. The first-order chi connectivity index (χ1) is 10.9. The third-order valence-corrected chi connectivity index (χ3v) is 5.83. The maximum absolute atomic E-state index is 12.2. The Labute approximate surface area is 137 Å². The van der Waals surface area contributed by atoms with Gasteiger partial charge in [-0.15, -0.1) is 0 Å². The van der Waals surface area contributed by atoms with Gasteiger partial charge in [-0.3, -0.25) is 4.79 Å². The fraction of sp³-hybridized carbons (Fsp3) is 0.500. The summed E-state index contributed by atoms with van der Waals surface area (Å²) in [5, 5.41) is 3.96. The number of hydrogen-bond acceptors (Lipinski definition) is 4. The minimum atomic E-state index is -3.24. The molecular weight excluding hydrogens is 314 g/mol. The lowest BCUT2D eigenvalue weighted by molar-refractivity contribution is -0.126. The number of amides is 1. The van der Waals surface area contributed by atoms with E-state index < -0.39 is 10.0 Å². The molecule has 0 unspecified atom stereocenters. The fourth-order valence-corrected chi connectivity index (χ4v) is 3.69. The van der Waals surface area contributed by atoms with E-state index >= 15 is 0 Å². The summed E-state index contributed by atoms with van der Waals surface area (Å²) in [4.78, 5) is 12.2. The Morgan fingerprint density at radius 1 is 1.39 bits per heavy atom. The molecule has 0 bridgehead atoms. The zero-order valence-corrected chi connectivity index (χ0v) is 14.3. The average Bonchev–Trinajstić information content (AvgIpc) is 2.56. The minimum Gasteiger partial charge on any atom is -0.273 e. The molecule has 0 radical (unpaired) electrons. The van der Waals surface area contributed by atoms with Crippen LogP contribution in [0, 0.1) is 12.8 Å². The molecule has 1 aromatic carbocycles. The van der Waals surface area contributed by atoms with E-state index in [1.165, 1.54) is 4.31 Å². The summed E-state index contributed by atoms with van der Waals surface area (Å²) in [6, 6.07) is 7.78. The molecule has 1 heterocycles. The lowest BCUT2D eigenvalue weighted by atomic mass is 9.99. The monoisotopic (exact) mass is 337 g/mol. The zero-order valence-electron chi connectivity index (χ0n) is 13.5. The summed E-state index contributed by atoms with van der Waals surface area (Å²) in [6.07, 6.45) is 2.96. The largest absolute Gasteiger partial charge is 0.273 e. The van der Waals surface area contributed by atoms with Gasteiger partial charge in [0, 0.05) is 13.1 Å². The molecule has 2 rings (SSSR count). The summed E-state index contributed by atoms with van der Waals surface area (Å²) in [5.74, 6) is -0.517. The standard InChI is InChI=1S/C16H23N3O3S/c1-3-23(21,22)19-10-4-5-15(12-19)16(20)18-17-11-14-8-6-13(2)7-9-14/h6-9,11,15H,3-5,10,12H2,1-2H3,(H,18,20)/b17-11-/t15-/m0/s1. The highest BCUT2D eigenvalue weighted by atomic mass is 32.2. The van der Waals surface area contributed by atoms with E-state index in [9.17, 15) is 13.2 Å². The Bertz CT molecular complexity index is 668. The van der Waals surface area contributed by atoms with Crippen LogP contribution in [0.15, 0.2) is 29.4 Å². The van der Waals surface area contributed by atoms with Crippen LogP contribution in [0.1, 0.15) is 30.9 Å². The van der Waals surface area contributed by atoms with Crippen LogP contribution >= 0.6 is 0 Å². The van der Waals surface area contributed by atoms with E-state index in [0.29, 0.717) is 19.4 Å². The maximum Gasteiger partial charge on any atom is 0.244 e. The van der Waals surface area contributed by atoms with Crippen LogP contribution in [0.3, 0.4) is 0 Å². The number of sulfonamides is 1. The second-order valence-electron chi connectivity index (χ2n) is 5.74. The zero-order chi connectivity index (χ0) is 16.9. The Morgan fingerprint density at radius 3 is 2.74 bits per heavy atom. The first-order valence-corrected chi connectivity index (χ1v) is 9.40. The van der Waals surface area contributed by atoms with Gasteiger partial charge in [0.2, 0.25) is 15.9 Å². The molecule has 6 nitrogen and oxygen atoms in total. The van der Waals surface area contributed by atoms with Crippen molar-refractivity contribution in [1.29, 1.82) is 0 Å². The van der Waals surface area contributed by atoms with Gasteiger partial charge in [-0.25, -0.2) is 18.1 Å². The second-order valence-corrected chi connectivity index (χ2v) is 8.00. The van der Waals surface area contributed by atoms with Crippen molar-refractivity contribution in [2.75, 3.05) is 18.8 Å². The van der Waals surface area contributed by atoms with Gasteiger partial charge in [-0.1, -0.05) is 29.8 Å². The highest BCUT2D eigenvalue weighted by Crippen LogP contribution is 2.19. The number of hydrazone groups is 1. The lowest BCUT2D eigenvalue weighted by Crippen LogP contribution is -2.45. The second kappa shape index (κ2) is 7.70. The van der Waals surface area contributed by atoms with Crippen molar-refractivity contribution >= 4 is 22.1 Å². The number of rotatable bonds is 5. The molecule has 23 heavy (non-hydrogen) atoms. The number of hydrogen-bond donors (Lipinski definition) is 1. The van der Waals surface area contributed by atoms with Crippen LogP contribution in [0.2, 0.25) is 0 Å². The summed E-state index contributed by atoms with van der Waals surface area (Å²) in [6.45, 7) is 4.35. The van der Waals surface area contributed by atoms with Gasteiger partial charge in [0.15, 0.2) is 0 Å². The summed E-state index contributed by atoms with van der Waals surface area (Å²) < 4.78 is 25.2. The molecule has 1 aliphatic heterocycles. The van der Waals surface area contributed by atoms with Crippen molar-refractivity contribution in [3.63, 3.8) is 0 Å². The first kappa shape index (κ1) is 17.6. The third kappa shape index (κ3) is 4.87. The molecule has 0 spiro atoms. The lowest BCUT2D eigenvalue weighted by Gasteiger charge is -2.30. The molecule has 1 atom stereocenters. The molecule has 0 saturated carbocycles. The molecule has 1 saturated heterocycles. The highest BCUT2D eigenvalue weighted by molar-refractivity contribution is 7.89. The molecule has 0 aliphatic carbocycles. The van der Waals surface area contributed by atoms with E-state index in [1.807, 2.05) is 31.2 Å². The van der Waals surface area contributed by atoms with Crippen molar-refractivity contribution < 1.29 is 13.2 Å². The molecule has 1 amide bonds. The normalized spacial score (nSPS) is 19.8. The Hall–Kier alpha value is -1.73. The van der Waals surface area contributed by atoms with Crippen LogP contribution in [-0.2, 0) is 14.8 Å². The smallest absolute Gasteiger partial charge is 0.244 e. The number of benzene rings is 1. The SMILES string of the molecule is CCS(=O)(=O)N1CCC[C@H](C(=O)N/N=C\c2ccc(C)cc2)C1. The predicted octanol–water partition coefficient (Wildman–Crippen LogP) is 1.51. The number of nitrogens with one attached hydrogen (secondary N) is 1. The van der Waals surface area contributed by atoms with Gasteiger partial charge in [-0.05, 0) is 32.3 Å². The van der Waals surface area contributed by atoms with Crippen LogP contribution in [-0.4, -0.2) is 43.7 Å². The predicted molar refractivity (Wildman–Crippen MR) is 90.7 cm³/mol. The summed E-state index contributed by atoms with van der Waals surface area (Å²) in [7, 11) is -3.24. The highest BCUT2D eigenvalue weighted by Gasteiger charge is 2.31. The Balaban J connectivity index is 1.91. The molecule has 1 aliphatic rings. The van der Waals surface area contributed by atoms with Crippen molar-refractivity contribution in [3.8, 4) is 0 Å². The molecule has 0 aromatic heterocycles. The Kier molecular flexibility index (Phi) is 5.90. The van der Waals surface area contributed by atoms with E-state index in [0.717, 1.165) is 11.1 Å². The first-order valence-electron chi connectivity index (χ1n) is 7.80. The summed E-state index contributed by atoms with van der Waals surface area (Å²) in [5.41, 5.74) is 4.57. The molecular formula is C16H23N3O3S. The quantitative estimate of drug-likeness (QED) is 0.653. The number of carbonyl (C=O) groups excluding carboxylic acids is 1. The average molecular weight is 337 g/mol. The van der Waals surface area contributed by atoms with E-state index in [4.69, 9.17) is 0 Å². The molecule has 1 fully saturated rings. The van der Waals surface area contributed by atoms with Crippen molar-refractivity contribution in [1.82, 2.24) is 9.73 Å². The summed E-state index contributed by atoms with van der Waals surface area (Å²) >= 11 is 0. The van der Waals surface area contributed by atoms with Gasteiger partial charge in [0.1, 0.15) is 0 Å². The third-order valence-electron chi connectivity index (χ3n) is 3.98. The van der Waals surface area contributed by atoms with E-state index in [1.54, 1.807) is 13.1 Å². The maximum atomic E-state index is 12.2. The number of nitrogens with zero attached hydrogens (tertiary/aromatic N) is 2. The number of carbonyl (C=O) groups is 1. The van der Waals surface area contributed by atoms with Gasteiger partial charge < -0.3 is 0 Å². The number of aryl methyl sites for hydroxylation is 1. The minimum absolute atomic E-state index is 0.0624. The molecule has 1 N–H and O–H groups in total. The van der Waals surface area contributed by atoms with Gasteiger partial charge in [-0.2, -0.15) is 5.10 Å². The fourth-order valence-electron chi connectivity index (χ4n) is 2.51. The van der Waals surface area contributed by atoms with Crippen LogP contribution in [0.4, 0.5) is 0 Å². The van der Waals surface area contributed by atoms with Crippen LogP contribution in [0.25, 0.3) is 0 Å². The van der Waals surface area contributed by atoms with Gasteiger partial charge >= 0.3 is 0 Å². The number of piperidine rings is 1. The van der Waals surface area contributed by atoms with Crippen molar-refractivity contribution in [2.24, 2.45) is 11.0 Å². The van der Waals surface area contributed by atoms with Crippen LogP contribution < -0.4 is 5.43 Å².